The lowest BCUT2D eigenvalue weighted by molar-refractivity contribution is 0.661. The van der Waals surface area contributed by atoms with Crippen LogP contribution in [0.15, 0.2) is 235 Å². The number of para-hydroxylation sites is 5. The molecule has 0 radical (unpaired) electrons. The Morgan fingerprint density at radius 2 is 1.05 bits per heavy atom. The molecule has 0 atom stereocenters. The summed E-state index contributed by atoms with van der Waals surface area (Å²) in [6.45, 7) is 13.6. The van der Waals surface area contributed by atoms with Gasteiger partial charge in [0, 0.05) is 65.9 Å². The van der Waals surface area contributed by atoms with E-state index in [4.69, 9.17) is 11.0 Å². The monoisotopic (exact) mass is 996 g/mol. The zero-order valence-electron chi connectivity index (χ0n) is 42.5. The van der Waals surface area contributed by atoms with Gasteiger partial charge >= 0.3 is 0 Å². The van der Waals surface area contributed by atoms with Gasteiger partial charge in [0.05, 0.1) is 62.0 Å². The van der Waals surface area contributed by atoms with Crippen molar-refractivity contribution >= 4 is 110 Å². The van der Waals surface area contributed by atoms with Crippen molar-refractivity contribution in [2.45, 2.75) is 19.3 Å². The van der Waals surface area contributed by atoms with Gasteiger partial charge in [-0.2, -0.15) is 5.26 Å². The average molecular weight is 997 g/mol. The fourth-order valence-electron chi connectivity index (χ4n) is 13.2. The number of hydrogen-bond acceptors (Lipinski definition) is 3. The highest BCUT2D eigenvalue weighted by molar-refractivity contribution is 6.24. The molecular weight excluding hydrogens is 953 g/mol. The van der Waals surface area contributed by atoms with Gasteiger partial charge in [-0.3, -0.25) is 0 Å². The molecule has 16 rings (SSSR count). The Hall–Kier alpha value is -10.6. The molecule has 4 heterocycles. The summed E-state index contributed by atoms with van der Waals surface area (Å²) in [5.41, 5.74) is 18.4. The van der Waals surface area contributed by atoms with Crippen LogP contribution in [0.4, 0.5) is 22.7 Å². The smallest absolute Gasteiger partial charge is 0.212 e. The molecule has 0 N–H and O–H groups in total. The summed E-state index contributed by atoms with van der Waals surface area (Å²) in [6.07, 6.45) is 0. The second kappa shape index (κ2) is 16.2. The quantitative estimate of drug-likeness (QED) is 0.156. The largest absolute Gasteiger partial charge is 0.455 e. The van der Waals surface area contributed by atoms with Crippen molar-refractivity contribution in [1.82, 2.24) is 13.7 Å². The molecule has 0 saturated carbocycles. The fourth-order valence-corrected chi connectivity index (χ4v) is 13.2. The predicted octanol–water partition coefficient (Wildman–Crippen LogP) is 19.1. The van der Waals surface area contributed by atoms with Gasteiger partial charge in [0.15, 0.2) is 0 Å². The summed E-state index contributed by atoms with van der Waals surface area (Å²) in [6, 6.07) is 83.7. The summed E-state index contributed by atoms with van der Waals surface area (Å²) < 4.78 is 13.6. The van der Waals surface area contributed by atoms with E-state index < -0.39 is 0 Å². The van der Waals surface area contributed by atoms with Crippen molar-refractivity contribution in [3.8, 4) is 34.3 Å². The first-order valence-corrected chi connectivity index (χ1v) is 26.3. The number of furan rings is 1. The number of hydrogen-bond donors (Lipinski definition) is 0. The Morgan fingerprint density at radius 3 is 1.78 bits per heavy atom. The lowest BCUT2D eigenvalue weighted by Crippen LogP contribution is -2.15. The van der Waals surface area contributed by atoms with Gasteiger partial charge in [-0.25, -0.2) is 4.85 Å². The fraction of sp³-hybridized carbons (Fsp3) is 0.0423. The van der Waals surface area contributed by atoms with Gasteiger partial charge in [-0.15, -0.1) is 0 Å². The van der Waals surface area contributed by atoms with E-state index in [1.807, 2.05) is 42.5 Å². The van der Waals surface area contributed by atoms with Crippen molar-refractivity contribution in [3.05, 3.63) is 259 Å². The molecule has 7 heteroatoms. The first kappa shape index (κ1) is 43.8. The minimum Gasteiger partial charge on any atom is -0.455 e. The van der Waals surface area contributed by atoms with E-state index in [2.05, 4.69) is 231 Å². The number of rotatable bonds is 6. The van der Waals surface area contributed by atoms with Crippen LogP contribution in [0.2, 0.25) is 0 Å². The maximum Gasteiger partial charge on any atom is 0.212 e. The van der Waals surface area contributed by atoms with E-state index >= 15 is 0 Å². The van der Waals surface area contributed by atoms with Gasteiger partial charge in [0.25, 0.3) is 0 Å². The molecule has 0 spiro atoms. The van der Waals surface area contributed by atoms with E-state index in [9.17, 15) is 5.26 Å². The van der Waals surface area contributed by atoms with Crippen molar-refractivity contribution in [2.24, 2.45) is 0 Å². The van der Waals surface area contributed by atoms with Crippen molar-refractivity contribution in [2.75, 3.05) is 4.90 Å². The maximum absolute atomic E-state index is 11.5. The predicted molar refractivity (Wildman–Crippen MR) is 320 cm³/mol. The molecule has 0 amide bonds. The minimum atomic E-state index is -0.280. The van der Waals surface area contributed by atoms with E-state index in [1.165, 1.54) is 33.0 Å². The third-order valence-corrected chi connectivity index (χ3v) is 16.6. The number of aromatic nitrogens is 3. The maximum atomic E-state index is 11.5. The third-order valence-electron chi connectivity index (χ3n) is 16.6. The Balaban J connectivity index is 0.962. The van der Waals surface area contributed by atoms with Crippen molar-refractivity contribution < 1.29 is 4.42 Å². The van der Waals surface area contributed by atoms with Crippen LogP contribution in [0.1, 0.15) is 30.5 Å². The molecule has 15 aromatic rings. The van der Waals surface area contributed by atoms with Gasteiger partial charge in [-0.05, 0) is 138 Å². The number of benzene rings is 11. The highest BCUT2D eigenvalue weighted by Crippen LogP contribution is 2.52. The molecule has 0 unspecified atom stereocenters. The Labute approximate surface area is 448 Å². The summed E-state index contributed by atoms with van der Waals surface area (Å²) in [4.78, 5) is 6.66. The van der Waals surface area contributed by atoms with Gasteiger partial charge < -0.3 is 23.0 Å². The molecule has 4 aromatic heterocycles. The zero-order valence-corrected chi connectivity index (χ0v) is 42.5. The molecule has 7 nitrogen and oxygen atoms in total. The number of nitrogens with zero attached hydrogens (tertiary/aromatic N) is 6. The van der Waals surface area contributed by atoms with Gasteiger partial charge in [0.1, 0.15) is 17.2 Å². The summed E-state index contributed by atoms with van der Waals surface area (Å²) in [5, 5.41) is 20.0. The second-order valence-corrected chi connectivity index (χ2v) is 21.1. The lowest BCUT2D eigenvalue weighted by Gasteiger charge is -2.25. The van der Waals surface area contributed by atoms with Crippen LogP contribution < -0.4 is 4.90 Å². The molecule has 1 aliphatic rings. The molecule has 0 aliphatic heterocycles. The third kappa shape index (κ3) is 6.01. The highest BCUT2D eigenvalue weighted by Gasteiger charge is 2.36. The second-order valence-electron chi connectivity index (χ2n) is 21.1. The van der Waals surface area contributed by atoms with Crippen LogP contribution in [0.5, 0.6) is 0 Å². The molecule has 11 aromatic carbocycles. The summed E-state index contributed by atoms with van der Waals surface area (Å²) >= 11 is 0. The van der Waals surface area contributed by atoms with Crippen LogP contribution in [-0.2, 0) is 5.41 Å². The van der Waals surface area contributed by atoms with Crippen LogP contribution >= 0.6 is 0 Å². The molecule has 78 heavy (non-hydrogen) atoms. The minimum absolute atomic E-state index is 0.280. The van der Waals surface area contributed by atoms with Gasteiger partial charge in [-0.1, -0.05) is 129 Å². The molecular formula is C71H44N6O. The molecule has 0 bridgehead atoms. The van der Waals surface area contributed by atoms with Crippen molar-refractivity contribution in [3.63, 3.8) is 0 Å². The van der Waals surface area contributed by atoms with E-state index in [0.717, 1.165) is 99.3 Å². The van der Waals surface area contributed by atoms with E-state index in [0.29, 0.717) is 22.6 Å². The summed E-state index contributed by atoms with van der Waals surface area (Å²) in [5.74, 6) is 0. The SMILES string of the molecule is [C-]#[N+]c1cc(-n2c3ccc(-n4c5ccccc5c5ccccc54)cc3c3c4oc5ccccc5c4ccc32)c(C#N)cc1-n1c2ccc(N(c3ccccc3)c3ccccc3)cc2c2cc3c(cc21)C(C)(C)c1ccccc1-3. The first-order chi connectivity index (χ1) is 38.4. The Morgan fingerprint density at radius 1 is 0.449 bits per heavy atom. The number of nitriles is 1. The van der Waals surface area contributed by atoms with E-state index in [-0.39, 0.29) is 5.41 Å². The normalized spacial score (nSPS) is 12.8. The van der Waals surface area contributed by atoms with Crippen LogP contribution in [0.25, 0.3) is 120 Å². The number of anilines is 3. The van der Waals surface area contributed by atoms with E-state index in [1.54, 1.807) is 0 Å². The van der Waals surface area contributed by atoms with Crippen LogP contribution in [0.3, 0.4) is 0 Å². The average Bonchev–Trinajstić information content (AvgIpc) is 4.21. The van der Waals surface area contributed by atoms with Crippen molar-refractivity contribution in [1.29, 1.82) is 5.26 Å². The molecule has 0 saturated heterocycles. The zero-order chi connectivity index (χ0) is 52.0. The van der Waals surface area contributed by atoms with Gasteiger partial charge in [0.2, 0.25) is 5.69 Å². The molecule has 364 valence electrons. The number of fused-ring (bicyclic) bond motifs is 16. The molecule has 0 fully saturated rings. The topological polar surface area (TPSA) is 59.3 Å². The molecule has 1 aliphatic carbocycles. The lowest BCUT2D eigenvalue weighted by atomic mass is 9.82. The van der Waals surface area contributed by atoms with Crippen LogP contribution in [-0.4, -0.2) is 13.7 Å². The first-order valence-electron chi connectivity index (χ1n) is 26.3. The van der Waals surface area contributed by atoms with Crippen LogP contribution in [0, 0.1) is 17.9 Å². The summed E-state index contributed by atoms with van der Waals surface area (Å²) in [7, 11) is 0. The Bertz CT molecular complexity index is 5060. The Kier molecular flexibility index (Phi) is 9.09. The standard InChI is InChI=1S/C71H44N6O/c1-71(2)57-26-14-10-22-48(57)53-39-55-54-37-46(74(44-18-6-4-7-19-44)45-20-8-5-9-21-45)30-33-62(54)77(66(55)40-58(53)71)67-36-43(42-72)65(41-59(67)73-3)76-63-34-31-47(75-60-27-15-11-23-49(60)50-24-12-16-28-61(50)75)38-56(63)69-64(76)35-32-52-51-25-13-17-29-68(51)78-70(52)69/h4-41H,1-2H3. The highest BCUT2D eigenvalue weighted by atomic mass is 16.3.